The van der Waals surface area contributed by atoms with Crippen LogP contribution < -0.4 is 5.32 Å². The van der Waals surface area contributed by atoms with Gasteiger partial charge in [-0.05, 0) is 24.7 Å². The van der Waals surface area contributed by atoms with Gasteiger partial charge in [0.1, 0.15) is 0 Å². The van der Waals surface area contributed by atoms with Crippen LogP contribution in [0.25, 0.3) is 0 Å². The van der Waals surface area contributed by atoms with Gasteiger partial charge in [0.2, 0.25) is 0 Å². The number of nitrogens with one attached hydrogen (secondary N) is 1. The lowest BCUT2D eigenvalue weighted by atomic mass is 10.1. The zero-order chi connectivity index (χ0) is 15.2. The molecule has 0 fully saturated rings. The Bertz CT molecular complexity index is 539. The molecule has 4 heteroatoms. The average Bonchev–Trinajstić information content (AvgIpc) is 2.85. The molecule has 2 nitrogen and oxygen atoms in total. The molecule has 0 radical (unpaired) electrons. The number of halogens is 1. The first-order chi connectivity index (χ1) is 10.1. The van der Waals surface area contributed by atoms with Crippen molar-refractivity contribution in [1.29, 1.82) is 0 Å². The normalized spacial score (nSPS) is 13.0. The molecule has 0 aliphatic heterocycles. The van der Waals surface area contributed by atoms with E-state index in [4.69, 9.17) is 11.6 Å². The Hall–Kier alpha value is -0.870. The van der Waals surface area contributed by atoms with Crippen molar-refractivity contribution in [2.24, 2.45) is 0 Å². The first-order valence-corrected chi connectivity index (χ1v) is 8.48. The van der Waals surface area contributed by atoms with E-state index in [0.29, 0.717) is 12.1 Å². The van der Waals surface area contributed by atoms with E-state index < -0.39 is 0 Å². The van der Waals surface area contributed by atoms with E-state index in [1.54, 1.807) is 11.3 Å². The third-order valence-corrected chi connectivity index (χ3v) is 4.69. The van der Waals surface area contributed by atoms with Crippen LogP contribution in [0.15, 0.2) is 42.5 Å². The van der Waals surface area contributed by atoms with Gasteiger partial charge in [-0.2, -0.15) is 0 Å². The smallest absolute Gasteiger partial charge is 0.0931 e. The molecule has 0 bridgehead atoms. The van der Waals surface area contributed by atoms with Crippen molar-refractivity contribution in [2.45, 2.75) is 32.5 Å². The van der Waals surface area contributed by atoms with Crippen LogP contribution >= 0.6 is 22.9 Å². The number of nitrogens with zero attached hydrogens (tertiary/aromatic N) is 1. The van der Waals surface area contributed by atoms with Crippen LogP contribution in [0.4, 0.5) is 0 Å². The van der Waals surface area contributed by atoms with Gasteiger partial charge in [0.25, 0.3) is 0 Å². The van der Waals surface area contributed by atoms with Crippen LogP contribution in [0.3, 0.4) is 0 Å². The molecule has 21 heavy (non-hydrogen) atoms. The average molecular weight is 323 g/mol. The molecule has 1 heterocycles. The molecule has 0 aliphatic carbocycles. The molecule has 1 aromatic carbocycles. The molecule has 0 saturated heterocycles. The second kappa shape index (κ2) is 7.95. The zero-order valence-electron chi connectivity index (χ0n) is 12.8. The van der Waals surface area contributed by atoms with Gasteiger partial charge in [0, 0.05) is 30.1 Å². The molecule has 0 amide bonds. The summed E-state index contributed by atoms with van der Waals surface area (Å²) in [6.07, 6.45) is 0. The maximum Gasteiger partial charge on any atom is 0.0931 e. The molecule has 0 saturated carbocycles. The molecule has 1 unspecified atom stereocenters. The Labute approximate surface area is 136 Å². The summed E-state index contributed by atoms with van der Waals surface area (Å²) in [7, 11) is 2.17. The second-order valence-corrected chi connectivity index (χ2v) is 7.41. The van der Waals surface area contributed by atoms with Crippen molar-refractivity contribution in [3.8, 4) is 0 Å². The van der Waals surface area contributed by atoms with Crippen molar-refractivity contribution in [2.75, 3.05) is 13.6 Å². The van der Waals surface area contributed by atoms with E-state index in [0.717, 1.165) is 17.4 Å². The van der Waals surface area contributed by atoms with Gasteiger partial charge < -0.3 is 5.32 Å². The minimum atomic E-state index is 0.356. The van der Waals surface area contributed by atoms with Gasteiger partial charge in [-0.1, -0.05) is 55.8 Å². The van der Waals surface area contributed by atoms with Crippen molar-refractivity contribution >= 4 is 22.9 Å². The van der Waals surface area contributed by atoms with Crippen molar-refractivity contribution in [3.63, 3.8) is 0 Å². The number of rotatable bonds is 7. The molecule has 1 atom stereocenters. The van der Waals surface area contributed by atoms with Crippen LogP contribution in [0.2, 0.25) is 4.34 Å². The van der Waals surface area contributed by atoms with E-state index in [1.807, 2.05) is 6.07 Å². The molecule has 114 valence electrons. The first kappa shape index (κ1) is 16.5. The lowest BCUT2D eigenvalue weighted by molar-refractivity contribution is 0.228. The highest BCUT2D eigenvalue weighted by Gasteiger charge is 2.17. The maximum absolute atomic E-state index is 6.03. The fourth-order valence-electron chi connectivity index (χ4n) is 2.34. The summed E-state index contributed by atoms with van der Waals surface area (Å²) in [5.41, 5.74) is 1.34. The predicted molar refractivity (Wildman–Crippen MR) is 93.1 cm³/mol. The fourth-order valence-corrected chi connectivity index (χ4v) is 3.49. The molecule has 2 aromatic rings. The van der Waals surface area contributed by atoms with E-state index in [-0.39, 0.29) is 0 Å². The molecule has 2 rings (SSSR count). The highest BCUT2D eigenvalue weighted by molar-refractivity contribution is 7.16. The minimum Gasteiger partial charge on any atom is -0.313 e. The summed E-state index contributed by atoms with van der Waals surface area (Å²) >= 11 is 7.69. The van der Waals surface area contributed by atoms with Crippen molar-refractivity contribution in [1.82, 2.24) is 10.2 Å². The number of thiophene rings is 1. The summed E-state index contributed by atoms with van der Waals surface area (Å²) in [4.78, 5) is 3.68. The molecular formula is C17H23ClN2S. The number of hydrogen-bond donors (Lipinski definition) is 1. The van der Waals surface area contributed by atoms with E-state index >= 15 is 0 Å². The van der Waals surface area contributed by atoms with Gasteiger partial charge in [0.05, 0.1) is 4.34 Å². The Kier molecular flexibility index (Phi) is 6.24. The SMILES string of the molecule is CC(C)NCC(c1ccccc1)N(C)Cc1ccc(Cl)s1. The summed E-state index contributed by atoms with van der Waals surface area (Å²) in [6, 6.07) is 15.6. The van der Waals surface area contributed by atoms with Crippen molar-refractivity contribution < 1.29 is 0 Å². The predicted octanol–water partition coefficient (Wildman–Crippen LogP) is 4.57. The van der Waals surface area contributed by atoms with Gasteiger partial charge in [-0.3, -0.25) is 4.90 Å². The lowest BCUT2D eigenvalue weighted by Crippen LogP contribution is -2.35. The Morgan fingerprint density at radius 1 is 1.14 bits per heavy atom. The van der Waals surface area contributed by atoms with E-state index in [9.17, 15) is 0 Å². The maximum atomic E-state index is 6.03. The minimum absolute atomic E-state index is 0.356. The Morgan fingerprint density at radius 3 is 2.43 bits per heavy atom. The van der Waals surface area contributed by atoms with Crippen LogP contribution in [0.5, 0.6) is 0 Å². The molecule has 1 aromatic heterocycles. The number of likely N-dealkylation sites (N-methyl/N-ethyl adjacent to an activating group) is 1. The van der Waals surface area contributed by atoms with Crippen molar-refractivity contribution in [3.05, 3.63) is 57.2 Å². The second-order valence-electron chi connectivity index (χ2n) is 5.61. The standard InChI is InChI=1S/C17H23ClN2S/c1-13(2)19-11-16(14-7-5-4-6-8-14)20(3)12-15-9-10-17(18)21-15/h4-10,13,16,19H,11-12H2,1-3H3. The molecule has 0 spiro atoms. The third kappa shape index (κ3) is 5.11. The Balaban J connectivity index is 2.10. The number of hydrogen-bond acceptors (Lipinski definition) is 3. The summed E-state index contributed by atoms with van der Waals surface area (Å²) in [6.45, 7) is 6.22. The first-order valence-electron chi connectivity index (χ1n) is 7.29. The molecular weight excluding hydrogens is 300 g/mol. The Morgan fingerprint density at radius 2 is 1.86 bits per heavy atom. The van der Waals surface area contributed by atoms with Gasteiger partial charge in [-0.25, -0.2) is 0 Å². The zero-order valence-corrected chi connectivity index (χ0v) is 14.4. The summed E-state index contributed by atoms with van der Waals surface area (Å²) < 4.78 is 0.856. The van der Waals surface area contributed by atoms with Crippen LogP contribution in [-0.4, -0.2) is 24.5 Å². The highest BCUT2D eigenvalue weighted by Crippen LogP contribution is 2.26. The largest absolute Gasteiger partial charge is 0.313 e. The van der Waals surface area contributed by atoms with Crippen LogP contribution in [-0.2, 0) is 6.54 Å². The monoisotopic (exact) mass is 322 g/mol. The van der Waals surface area contributed by atoms with Gasteiger partial charge in [0.15, 0.2) is 0 Å². The molecule has 1 N–H and O–H groups in total. The number of benzene rings is 1. The quantitative estimate of drug-likeness (QED) is 0.803. The summed E-state index contributed by atoms with van der Waals surface area (Å²) in [5, 5.41) is 3.55. The third-order valence-electron chi connectivity index (χ3n) is 3.47. The van der Waals surface area contributed by atoms with E-state index in [2.05, 4.69) is 67.5 Å². The van der Waals surface area contributed by atoms with Gasteiger partial charge in [-0.15, -0.1) is 11.3 Å². The van der Waals surface area contributed by atoms with Gasteiger partial charge >= 0.3 is 0 Å². The highest BCUT2D eigenvalue weighted by atomic mass is 35.5. The fraction of sp³-hybridized carbons (Fsp3) is 0.412. The van der Waals surface area contributed by atoms with E-state index in [1.165, 1.54) is 10.4 Å². The van der Waals surface area contributed by atoms with Crippen LogP contribution in [0.1, 0.15) is 30.3 Å². The lowest BCUT2D eigenvalue weighted by Gasteiger charge is -2.29. The molecule has 0 aliphatic rings. The summed E-state index contributed by atoms with van der Waals surface area (Å²) in [5.74, 6) is 0. The topological polar surface area (TPSA) is 15.3 Å². The van der Waals surface area contributed by atoms with Crippen LogP contribution in [0, 0.1) is 0 Å².